The Bertz CT molecular complexity index is 456. The second-order valence-electron chi connectivity index (χ2n) is 6.53. The minimum absolute atomic E-state index is 0.0491. The Morgan fingerprint density at radius 2 is 1.54 bits per heavy atom. The monoisotopic (exact) mass is 334 g/mol. The van der Waals surface area contributed by atoms with Crippen molar-refractivity contribution in [3.8, 4) is 5.75 Å². The van der Waals surface area contributed by atoms with Crippen molar-refractivity contribution in [1.29, 1.82) is 0 Å². The van der Waals surface area contributed by atoms with Gasteiger partial charge in [0.1, 0.15) is 11.3 Å². The number of unbranched alkanes of at least 4 members (excludes halogenated alkanes) is 8. The van der Waals surface area contributed by atoms with Crippen LogP contribution < -0.4 is 4.74 Å². The van der Waals surface area contributed by atoms with E-state index in [0.717, 1.165) is 12.8 Å². The van der Waals surface area contributed by atoms with E-state index in [2.05, 4.69) is 6.92 Å². The molecule has 0 bridgehead atoms. The molecule has 0 amide bonds. The fraction of sp³-hybridized carbons (Fsp3) is 0.667. The van der Waals surface area contributed by atoms with Gasteiger partial charge in [-0.15, -0.1) is 0 Å². The number of hydrogen-bond donors (Lipinski definition) is 0. The van der Waals surface area contributed by atoms with Gasteiger partial charge in [-0.3, -0.25) is 0 Å². The zero-order valence-corrected chi connectivity index (χ0v) is 15.7. The molecule has 0 saturated carbocycles. The number of ether oxygens (including phenoxy) is 2. The van der Waals surface area contributed by atoms with Gasteiger partial charge in [-0.25, -0.2) is 4.79 Å². The van der Waals surface area contributed by atoms with Crippen molar-refractivity contribution in [2.45, 2.75) is 84.2 Å². The number of hydrogen-bond acceptors (Lipinski definition) is 3. The number of carbonyl (C=O) groups excluding carboxylic acids is 1. The van der Waals surface area contributed by atoms with Gasteiger partial charge in [-0.05, 0) is 31.9 Å². The van der Waals surface area contributed by atoms with Crippen molar-refractivity contribution < 1.29 is 14.3 Å². The standard InChI is InChI=1S/C21H34O3/c1-4-5-6-7-8-9-10-11-12-15-18(2)24-21(22)19-16-13-14-17-20(19)23-3/h13-14,16-18H,4-12,15H2,1-3H3. The Hall–Kier alpha value is -1.51. The zero-order chi connectivity index (χ0) is 17.6. The predicted octanol–water partition coefficient (Wildman–Crippen LogP) is 6.16. The van der Waals surface area contributed by atoms with Gasteiger partial charge in [0.15, 0.2) is 0 Å². The van der Waals surface area contributed by atoms with E-state index in [1.807, 2.05) is 19.1 Å². The van der Waals surface area contributed by atoms with Gasteiger partial charge >= 0.3 is 5.97 Å². The quantitative estimate of drug-likeness (QED) is 0.320. The Morgan fingerprint density at radius 1 is 0.958 bits per heavy atom. The first-order valence-electron chi connectivity index (χ1n) is 9.53. The minimum Gasteiger partial charge on any atom is -0.496 e. The smallest absolute Gasteiger partial charge is 0.342 e. The lowest BCUT2D eigenvalue weighted by atomic mass is 10.1. The molecule has 0 aliphatic carbocycles. The summed E-state index contributed by atoms with van der Waals surface area (Å²) in [5.74, 6) is 0.272. The van der Waals surface area contributed by atoms with Crippen LogP contribution in [0.3, 0.4) is 0 Å². The van der Waals surface area contributed by atoms with E-state index in [-0.39, 0.29) is 12.1 Å². The van der Waals surface area contributed by atoms with Gasteiger partial charge in [0.2, 0.25) is 0 Å². The summed E-state index contributed by atoms with van der Waals surface area (Å²) in [6.45, 7) is 4.22. The average Bonchev–Trinajstić information content (AvgIpc) is 2.60. The molecule has 0 N–H and O–H groups in total. The molecule has 0 aliphatic rings. The van der Waals surface area contributed by atoms with Gasteiger partial charge in [-0.1, -0.05) is 70.4 Å². The molecule has 0 saturated heterocycles. The molecular weight excluding hydrogens is 300 g/mol. The first-order chi connectivity index (χ1) is 11.7. The fourth-order valence-corrected chi connectivity index (χ4v) is 2.86. The number of methoxy groups -OCH3 is 1. The summed E-state index contributed by atoms with van der Waals surface area (Å²) in [5, 5.41) is 0. The molecule has 0 heterocycles. The summed E-state index contributed by atoms with van der Waals surface area (Å²) in [6, 6.07) is 7.19. The van der Waals surface area contributed by atoms with Crippen LogP contribution in [0.4, 0.5) is 0 Å². The Balaban J connectivity index is 2.13. The molecule has 0 spiro atoms. The molecule has 0 aliphatic heterocycles. The summed E-state index contributed by atoms with van der Waals surface area (Å²) in [4.78, 5) is 12.2. The second kappa shape index (κ2) is 12.9. The molecule has 3 heteroatoms. The molecule has 1 unspecified atom stereocenters. The SMILES string of the molecule is CCCCCCCCCCCC(C)OC(=O)c1ccccc1OC. The molecule has 24 heavy (non-hydrogen) atoms. The van der Waals surface area contributed by atoms with Gasteiger partial charge < -0.3 is 9.47 Å². The van der Waals surface area contributed by atoms with Crippen LogP contribution in [0.25, 0.3) is 0 Å². The van der Waals surface area contributed by atoms with Crippen LogP contribution in [-0.4, -0.2) is 19.2 Å². The summed E-state index contributed by atoms with van der Waals surface area (Å²) in [5.41, 5.74) is 0.499. The fourth-order valence-electron chi connectivity index (χ4n) is 2.86. The van der Waals surface area contributed by atoms with E-state index >= 15 is 0 Å². The molecule has 0 radical (unpaired) electrons. The van der Waals surface area contributed by atoms with Crippen LogP contribution in [-0.2, 0) is 4.74 Å². The van der Waals surface area contributed by atoms with Crippen molar-refractivity contribution >= 4 is 5.97 Å². The lowest BCUT2D eigenvalue weighted by Gasteiger charge is -2.14. The maximum absolute atomic E-state index is 12.2. The van der Waals surface area contributed by atoms with Gasteiger partial charge in [0.25, 0.3) is 0 Å². The van der Waals surface area contributed by atoms with Crippen LogP contribution >= 0.6 is 0 Å². The number of rotatable bonds is 13. The normalized spacial score (nSPS) is 12.0. The third kappa shape index (κ3) is 8.37. The lowest BCUT2D eigenvalue weighted by Crippen LogP contribution is -2.15. The second-order valence-corrected chi connectivity index (χ2v) is 6.53. The van der Waals surface area contributed by atoms with E-state index in [0.29, 0.717) is 11.3 Å². The Kier molecular flexibility index (Phi) is 11.0. The summed E-state index contributed by atoms with van der Waals surface area (Å²) in [7, 11) is 1.57. The Labute approximate surface area is 147 Å². The van der Waals surface area contributed by atoms with E-state index < -0.39 is 0 Å². The Morgan fingerprint density at radius 3 is 2.17 bits per heavy atom. The predicted molar refractivity (Wildman–Crippen MR) is 99.7 cm³/mol. The van der Waals surface area contributed by atoms with Crippen molar-refractivity contribution in [2.75, 3.05) is 7.11 Å². The molecular formula is C21H34O3. The van der Waals surface area contributed by atoms with Gasteiger partial charge in [0.05, 0.1) is 13.2 Å². The first kappa shape index (κ1) is 20.5. The average molecular weight is 335 g/mol. The largest absolute Gasteiger partial charge is 0.496 e. The molecule has 136 valence electrons. The molecule has 3 nitrogen and oxygen atoms in total. The van der Waals surface area contributed by atoms with Crippen molar-refractivity contribution in [1.82, 2.24) is 0 Å². The number of benzene rings is 1. The van der Waals surface area contributed by atoms with Crippen LogP contribution in [0.5, 0.6) is 5.75 Å². The number of para-hydroxylation sites is 1. The maximum atomic E-state index is 12.2. The highest BCUT2D eigenvalue weighted by Gasteiger charge is 2.15. The highest BCUT2D eigenvalue weighted by Crippen LogP contribution is 2.20. The lowest BCUT2D eigenvalue weighted by molar-refractivity contribution is 0.0316. The first-order valence-corrected chi connectivity index (χ1v) is 9.53. The third-order valence-electron chi connectivity index (χ3n) is 4.35. The van der Waals surface area contributed by atoms with Crippen LogP contribution in [0.15, 0.2) is 24.3 Å². The molecule has 1 atom stereocenters. The van der Waals surface area contributed by atoms with Crippen molar-refractivity contribution in [3.05, 3.63) is 29.8 Å². The van der Waals surface area contributed by atoms with E-state index in [1.165, 1.54) is 51.4 Å². The van der Waals surface area contributed by atoms with E-state index in [4.69, 9.17) is 9.47 Å². The summed E-state index contributed by atoms with van der Waals surface area (Å²) >= 11 is 0. The van der Waals surface area contributed by atoms with Gasteiger partial charge in [-0.2, -0.15) is 0 Å². The highest BCUT2D eigenvalue weighted by atomic mass is 16.5. The summed E-state index contributed by atoms with van der Waals surface area (Å²) < 4.78 is 10.7. The number of carbonyl (C=O) groups is 1. The van der Waals surface area contributed by atoms with Crippen molar-refractivity contribution in [3.63, 3.8) is 0 Å². The van der Waals surface area contributed by atoms with Crippen molar-refractivity contribution in [2.24, 2.45) is 0 Å². The molecule has 1 rings (SSSR count). The highest BCUT2D eigenvalue weighted by molar-refractivity contribution is 5.92. The topological polar surface area (TPSA) is 35.5 Å². The molecule has 0 fully saturated rings. The number of esters is 1. The molecule has 1 aromatic carbocycles. The van der Waals surface area contributed by atoms with E-state index in [1.54, 1.807) is 19.2 Å². The van der Waals surface area contributed by atoms with Crippen LogP contribution in [0.2, 0.25) is 0 Å². The summed E-state index contributed by atoms with van der Waals surface area (Å²) in [6.07, 6.45) is 12.6. The molecule has 0 aromatic heterocycles. The van der Waals surface area contributed by atoms with Crippen LogP contribution in [0.1, 0.15) is 88.4 Å². The van der Waals surface area contributed by atoms with Gasteiger partial charge in [0, 0.05) is 0 Å². The van der Waals surface area contributed by atoms with E-state index in [9.17, 15) is 4.79 Å². The molecule has 1 aromatic rings. The minimum atomic E-state index is -0.295. The zero-order valence-electron chi connectivity index (χ0n) is 15.7. The third-order valence-corrected chi connectivity index (χ3v) is 4.35. The van der Waals surface area contributed by atoms with Crippen LogP contribution in [0, 0.1) is 0 Å². The maximum Gasteiger partial charge on any atom is 0.342 e.